The van der Waals surface area contributed by atoms with Crippen LogP contribution in [0.2, 0.25) is 5.02 Å². The highest BCUT2D eigenvalue weighted by Gasteiger charge is 2.33. The van der Waals surface area contributed by atoms with E-state index in [9.17, 15) is 13.5 Å². The van der Waals surface area contributed by atoms with Crippen molar-refractivity contribution in [2.75, 3.05) is 18.1 Å². The van der Waals surface area contributed by atoms with Crippen molar-refractivity contribution < 1.29 is 13.5 Å². The Labute approximate surface area is 119 Å². The summed E-state index contributed by atoms with van der Waals surface area (Å²) in [5, 5.41) is 10.2. The van der Waals surface area contributed by atoms with Crippen LogP contribution in [-0.4, -0.2) is 31.6 Å². The van der Waals surface area contributed by atoms with Gasteiger partial charge < -0.3 is 5.11 Å². The Hall–Kier alpha value is -0.580. The molecule has 1 aromatic carbocycles. The van der Waals surface area contributed by atoms with Gasteiger partial charge in [0.25, 0.3) is 0 Å². The van der Waals surface area contributed by atoms with Crippen molar-refractivity contribution in [3.8, 4) is 0 Å². The first-order valence-corrected chi connectivity index (χ1v) is 8.67. The van der Waals surface area contributed by atoms with E-state index < -0.39 is 9.84 Å². The Morgan fingerprint density at radius 1 is 1.47 bits per heavy atom. The van der Waals surface area contributed by atoms with E-state index in [1.807, 2.05) is 25.1 Å². The Morgan fingerprint density at radius 2 is 2.21 bits per heavy atom. The molecule has 1 aromatic rings. The van der Waals surface area contributed by atoms with Crippen molar-refractivity contribution in [2.45, 2.75) is 19.8 Å². The molecule has 0 spiro atoms. The molecule has 0 bridgehead atoms. The lowest BCUT2D eigenvalue weighted by Crippen LogP contribution is -2.22. The zero-order valence-electron chi connectivity index (χ0n) is 11.0. The molecule has 0 saturated carbocycles. The molecule has 3 nitrogen and oxygen atoms in total. The maximum Gasteiger partial charge on any atom is 0.150 e. The van der Waals surface area contributed by atoms with Gasteiger partial charge in [-0.1, -0.05) is 23.7 Å². The number of aliphatic hydroxyl groups excluding tert-OH is 1. The molecule has 2 atom stereocenters. The van der Waals surface area contributed by atoms with Crippen molar-refractivity contribution in [1.82, 2.24) is 0 Å². The van der Waals surface area contributed by atoms with Gasteiger partial charge in [0.2, 0.25) is 0 Å². The van der Waals surface area contributed by atoms with Gasteiger partial charge in [-0.05, 0) is 48.8 Å². The van der Waals surface area contributed by atoms with Gasteiger partial charge in [-0.15, -0.1) is 0 Å². The maximum absolute atomic E-state index is 11.5. The molecular formula is C14H19ClO3S. The smallest absolute Gasteiger partial charge is 0.150 e. The van der Waals surface area contributed by atoms with E-state index >= 15 is 0 Å². The van der Waals surface area contributed by atoms with Gasteiger partial charge in [0.1, 0.15) is 0 Å². The van der Waals surface area contributed by atoms with Gasteiger partial charge in [0.15, 0.2) is 9.84 Å². The summed E-state index contributed by atoms with van der Waals surface area (Å²) in [4.78, 5) is 0. The molecule has 1 fully saturated rings. The number of aliphatic hydroxyl groups is 1. The van der Waals surface area contributed by atoms with Crippen LogP contribution in [0.1, 0.15) is 17.5 Å². The first-order chi connectivity index (χ1) is 8.91. The fraction of sp³-hybridized carbons (Fsp3) is 0.571. The third-order valence-corrected chi connectivity index (χ3v) is 6.01. The second-order valence-corrected chi connectivity index (χ2v) is 8.04. The molecule has 1 heterocycles. The maximum atomic E-state index is 11.5. The minimum absolute atomic E-state index is 0.00436. The highest BCUT2D eigenvalue weighted by atomic mass is 35.5. The van der Waals surface area contributed by atoms with E-state index in [0.29, 0.717) is 17.9 Å². The summed E-state index contributed by atoms with van der Waals surface area (Å²) >= 11 is 6.19. The zero-order chi connectivity index (χ0) is 14.0. The largest absolute Gasteiger partial charge is 0.396 e. The van der Waals surface area contributed by atoms with Crippen LogP contribution in [0.15, 0.2) is 18.2 Å². The average Bonchev–Trinajstić information content (AvgIpc) is 2.69. The molecule has 0 aromatic heterocycles. The Kier molecular flexibility index (Phi) is 4.54. The number of rotatable bonds is 4. The molecule has 1 aliphatic heterocycles. The summed E-state index contributed by atoms with van der Waals surface area (Å²) < 4.78 is 23.0. The first-order valence-electron chi connectivity index (χ1n) is 6.47. The molecular weight excluding hydrogens is 284 g/mol. The number of halogens is 1. The Balaban J connectivity index is 2.11. The lowest BCUT2D eigenvalue weighted by Gasteiger charge is -2.21. The average molecular weight is 303 g/mol. The second kappa shape index (κ2) is 5.81. The van der Waals surface area contributed by atoms with E-state index in [1.54, 1.807) is 0 Å². The van der Waals surface area contributed by atoms with E-state index in [4.69, 9.17) is 11.6 Å². The summed E-state index contributed by atoms with van der Waals surface area (Å²) in [6.45, 7) is 1.98. The molecule has 0 radical (unpaired) electrons. The number of hydrogen-bond donors (Lipinski definition) is 1. The lowest BCUT2D eigenvalue weighted by molar-refractivity contribution is 0.184. The van der Waals surface area contributed by atoms with Crippen LogP contribution < -0.4 is 0 Å². The van der Waals surface area contributed by atoms with Crippen LogP contribution in [0, 0.1) is 18.8 Å². The van der Waals surface area contributed by atoms with E-state index in [-0.39, 0.29) is 29.9 Å². The highest BCUT2D eigenvalue weighted by molar-refractivity contribution is 7.91. The van der Waals surface area contributed by atoms with Crippen molar-refractivity contribution >= 4 is 21.4 Å². The topological polar surface area (TPSA) is 54.4 Å². The second-order valence-electron chi connectivity index (χ2n) is 5.40. The summed E-state index contributed by atoms with van der Waals surface area (Å²) in [6.07, 6.45) is 1.28. The summed E-state index contributed by atoms with van der Waals surface area (Å²) in [6, 6.07) is 5.85. The number of benzene rings is 1. The van der Waals surface area contributed by atoms with Gasteiger partial charge in [-0.25, -0.2) is 8.42 Å². The van der Waals surface area contributed by atoms with Crippen LogP contribution in [0.25, 0.3) is 0 Å². The fourth-order valence-electron chi connectivity index (χ4n) is 2.68. The van der Waals surface area contributed by atoms with Crippen molar-refractivity contribution in [3.63, 3.8) is 0 Å². The van der Waals surface area contributed by atoms with Crippen LogP contribution >= 0.6 is 11.6 Å². The molecule has 1 aliphatic rings. The van der Waals surface area contributed by atoms with Crippen LogP contribution in [-0.2, 0) is 16.3 Å². The fourth-order valence-corrected chi connectivity index (χ4v) is 4.91. The Bertz CT molecular complexity index is 554. The Morgan fingerprint density at radius 3 is 2.74 bits per heavy atom. The summed E-state index contributed by atoms with van der Waals surface area (Å²) in [5.74, 6) is 0.460. The molecule has 1 N–H and O–H groups in total. The number of sulfone groups is 1. The van der Waals surface area contributed by atoms with Gasteiger partial charge in [0, 0.05) is 11.6 Å². The van der Waals surface area contributed by atoms with Crippen LogP contribution in [0.3, 0.4) is 0 Å². The third kappa shape index (κ3) is 3.71. The quantitative estimate of drug-likeness (QED) is 0.928. The van der Waals surface area contributed by atoms with Crippen molar-refractivity contribution in [1.29, 1.82) is 0 Å². The summed E-state index contributed by atoms with van der Waals surface area (Å²) in [7, 11) is -2.90. The van der Waals surface area contributed by atoms with Gasteiger partial charge in [-0.3, -0.25) is 0 Å². The van der Waals surface area contributed by atoms with Crippen molar-refractivity contribution in [3.05, 3.63) is 34.3 Å². The number of aryl methyl sites for hydroxylation is 1. The minimum atomic E-state index is -2.90. The van der Waals surface area contributed by atoms with E-state index in [0.717, 1.165) is 11.1 Å². The van der Waals surface area contributed by atoms with Crippen molar-refractivity contribution in [2.24, 2.45) is 11.8 Å². The molecule has 5 heteroatoms. The van der Waals surface area contributed by atoms with E-state index in [1.165, 1.54) is 0 Å². The third-order valence-electron chi connectivity index (χ3n) is 3.86. The van der Waals surface area contributed by atoms with E-state index in [2.05, 4.69) is 0 Å². The normalized spacial score (nSPS) is 23.4. The molecule has 2 rings (SSSR count). The number of hydrogen-bond acceptors (Lipinski definition) is 3. The standard InChI is InChI=1S/C14H19ClO3S/c1-10-2-3-11(14(15)6-10)7-13(8-16)12-4-5-19(17,18)9-12/h2-3,6,12-13,16H,4-5,7-9H2,1H3. The monoisotopic (exact) mass is 302 g/mol. The molecule has 0 amide bonds. The summed E-state index contributed by atoms with van der Waals surface area (Å²) in [5.41, 5.74) is 2.08. The van der Waals surface area contributed by atoms with Crippen LogP contribution in [0.4, 0.5) is 0 Å². The molecule has 2 unspecified atom stereocenters. The predicted molar refractivity (Wildman–Crippen MR) is 77.2 cm³/mol. The van der Waals surface area contributed by atoms with Crippen LogP contribution in [0.5, 0.6) is 0 Å². The molecule has 1 saturated heterocycles. The molecule has 19 heavy (non-hydrogen) atoms. The molecule has 106 valence electrons. The highest BCUT2D eigenvalue weighted by Crippen LogP contribution is 2.30. The van der Waals surface area contributed by atoms with Gasteiger partial charge in [-0.2, -0.15) is 0 Å². The SMILES string of the molecule is Cc1ccc(CC(CO)C2CCS(=O)(=O)C2)c(Cl)c1. The lowest BCUT2D eigenvalue weighted by atomic mass is 9.87. The van der Waals surface area contributed by atoms with Gasteiger partial charge in [0.05, 0.1) is 11.5 Å². The van der Waals surface area contributed by atoms with Gasteiger partial charge >= 0.3 is 0 Å². The minimum Gasteiger partial charge on any atom is -0.396 e. The molecule has 0 aliphatic carbocycles. The predicted octanol–water partition coefficient (Wildman–Crippen LogP) is 2.23. The first kappa shape index (κ1) is 14.8. The zero-order valence-corrected chi connectivity index (χ0v) is 12.5.